The van der Waals surface area contributed by atoms with E-state index in [1.807, 2.05) is 70.0 Å². The van der Waals surface area contributed by atoms with Crippen LogP contribution in [0.4, 0.5) is 0 Å². The molecule has 0 saturated carbocycles. The summed E-state index contributed by atoms with van der Waals surface area (Å²) < 4.78 is 22.5. The molecule has 1 atom stereocenters. The van der Waals surface area contributed by atoms with Crippen LogP contribution < -0.4 is 9.47 Å². The molecule has 0 bridgehead atoms. The summed E-state index contributed by atoms with van der Waals surface area (Å²) >= 11 is 0. The first kappa shape index (κ1) is 32.6. The number of benzene rings is 3. The van der Waals surface area contributed by atoms with Crippen LogP contribution in [0.3, 0.4) is 0 Å². The maximum atomic E-state index is 13.2. The van der Waals surface area contributed by atoms with E-state index in [4.69, 9.17) is 23.8 Å². The Morgan fingerprint density at radius 3 is 1.64 bits per heavy atom. The third-order valence-electron chi connectivity index (χ3n) is 7.51. The Hall–Kier alpha value is -3.88. The van der Waals surface area contributed by atoms with Gasteiger partial charge in [0.25, 0.3) is 0 Å². The highest BCUT2D eigenvalue weighted by Crippen LogP contribution is 2.36. The number of hydrogen-bond acceptors (Lipinski definition) is 8. The van der Waals surface area contributed by atoms with E-state index in [2.05, 4.69) is 0 Å². The number of carbonyl (C=O) groups excluding carboxylic acids is 2. The summed E-state index contributed by atoms with van der Waals surface area (Å²) in [5, 5.41) is 1.86. The molecule has 8 nitrogen and oxygen atoms in total. The van der Waals surface area contributed by atoms with Crippen LogP contribution in [0.1, 0.15) is 79.8 Å². The van der Waals surface area contributed by atoms with Gasteiger partial charge in [-0.25, -0.2) is 9.59 Å². The van der Waals surface area contributed by atoms with E-state index in [9.17, 15) is 9.59 Å². The van der Waals surface area contributed by atoms with Gasteiger partial charge in [0.1, 0.15) is 41.9 Å². The molecule has 0 aliphatic heterocycles. The number of rotatable bonds is 15. The molecule has 0 radical (unpaired) electrons. The summed E-state index contributed by atoms with van der Waals surface area (Å²) in [4.78, 5) is 33.0. The lowest BCUT2D eigenvalue weighted by Crippen LogP contribution is -2.62. The highest BCUT2D eigenvalue weighted by molar-refractivity contribution is 5.93. The SMILES string of the molecule is CCC(CC)(COC(=O)c1ccccc1OC)N(OC(C)c1ccccc1)C(C)(C)COC(=O)c1ccccc1OC. The van der Waals surface area contributed by atoms with E-state index in [-0.39, 0.29) is 19.3 Å². The van der Waals surface area contributed by atoms with Crippen LogP contribution in [0.2, 0.25) is 0 Å². The van der Waals surface area contributed by atoms with Crippen LogP contribution in [0, 0.1) is 0 Å². The predicted octanol–water partition coefficient (Wildman–Crippen LogP) is 7.05. The van der Waals surface area contributed by atoms with E-state index < -0.39 is 23.0 Å². The van der Waals surface area contributed by atoms with Gasteiger partial charge in [-0.2, -0.15) is 5.06 Å². The third kappa shape index (κ3) is 7.69. The molecule has 1 unspecified atom stereocenters. The van der Waals surface area contributed by atoms with Crippen LogP contribution in [0.15, 0.2) is 78.9 Å². The van der Waals surface area contributed by atoms with Gasteiger partial charge < -0.3 is 18.9 Å². The third-order valence-corrected chi connectivity index (χ3v) is 7.51. The lowest BCUT2D eigenvalue weighted by atomic mass is 9.88. The van der Waals surface area contributed by atoms with Gasteiger partial charge in [-0.05, 0) is 63.4 Å². The van der Waals surface area contributed by atoms with Crippen LogP contribution in [-0.2, 0) is 14.3 Å². The molecule has 3 aromatic carbocycles. The number of carbonyl (C=O) groups is 2. The molecule has 0 aromatic heterocycles. The second-order valence-corrected chi connectivity index (χ2v) is 10.7. The van der Waals surface area contributed by atoms with Gasteiger partial charge in [0.2, 0.25) is 0 Å². The van der Waals surface area contributed by atoms with E-state index in [0.717, 1.165) is 5.56 Å². The van der Waals surface area contributed by atoms with Gasteiger partial charge in [0.05, 0.1) is 25.3 Å². The Morgan fingerprint density at radius 1 is 0.714 bits per heavy atom. The topological polar surface area (TPSA) is 83.5 Å². The van der Waals surface area contributed by atoms with E-state index in [1.165, 1.54) is 14.2 Å². The molecule has 0 aliphatic carbocycles. The average molecular weight is 578 g/mol. The van der Waals surface area contributed by atoms with E-state index in [0.29, 0.717) is 35.5 Å². The zero-order chi connectivity index (χ0) is 30.8. The number of hydrogen-bond donors (Lipinski definition) is 0. The number of esters is 2. The van der Waals surface area contributed by atoms with Gasteiger partial charge in [0.15, 0.2) is 0 Å². The van der Waals surface area contributed by atoms with Crippen LogP contribution in [0.5, 0.6) is 11.5 Å². The first-order chi connectivity index (χ1) is 20.1. The van der Waals surface area contributed by atoms with Crippen LogP contribution in [-0.4, -0.2) is 55.5 Å². The summed E-state index contributed by atoms with van der Waals surface area (Å²) in [5.74, 6) is -0.116. The maximum absolute atomic E-state index is 13.2. The second-order valence-electron chi connectivity index (χ2n) is 10.7. The highest BCUT2D eigenvalue weighted by Gasteiger charge is 2.46. The van der Waals surface area contributed by atoms with Crippen molar-refractivity contribution in [1.29, 1.82) is 0 Å². The molecule has 0 heterocycles. The lowest BCUT2D eigenvalue weighted by molar-refractivity contribution is -0.309. The molecule has 226 valence electrons. The molecule has 3 rings (SSSR count). The van der Waals surface area contributed by atoms with Crippen molar-refractivity contribution in [3.05, 3.63) is 95.6 Å². The lowest BCUT2D eigenvalue weighted by Gasteiger charge is -2.50. The number of nitrogens with zero attached hydrogens (tertiary/aromatic N) is 1. The summed E-state index contributed by atoms with van der Waals surface area (Å²) in [7, 11) is 3.03. The maximum Gasteiger partial charge on any atom is 0.341 e. The summed E-state index contributed by atoms with van der Waals surface area (Å²) in [6, 6.07) is 23.8. The molecule has 0 fully saturated rings. The van der Waals surface area contributed by atoms with Gasteiger partial charge in [-0.3, -0.25) is 4.84 Å². The molecule has 0 aliphatic rings. The molecule has 8 heteroatoms. The summed E-state index contributed by atoms with van der Waals surface area (Å²) in [6.45, 7) is 9.97. The zero-order valence-corrected chi connectivity index (χ0v) is 25.7. The van der Waals surface area contributed by atoms with Crippen molar-refractivity contribution >= 4 is 11.9 Å². The zero-order valence-electron chi connectivity index (χ0n) is 25.7. The molecule has 3 aromatic rings. The molecule has 0 N–H and O–H groups in total. The molecule has 0 spiro atoms. The fraction of sp³-hybridized carbons (Fsp3) is 0.412. The van der Waals surface area contributed by atoms with Gasteiger partial charge in [0, 0.05) is 0 Å². The molecular formula is C34H43NO7. The van der Waals surface area contributed by atoms with Gasteiger partial charge in [-0.15, -0.1) is 0 Å². The van der Waals surface area contributed by atoms with Crippen molar-refractivity contribution in [2.75, 3.05) is 27.4 Å². The number of ether oxygens (including phenoxy) is 4. The largest absolute Gasteiger partial charge is 0.496 e. The van der Waals surface area contributed by atoms with Crippen molar-refractivity contribution in [2.45, 2.75) is 64.6 Å². The minimum atomic E-state index is -0.830. The quantitative estimate of drug-likeness (QED) is 0.140. The van der Waals surface area contributed by atoms with E-state index >= 15 is 0 Å². The van der Waals surface area contributed by atoms with Crippen LogP contribution in [0.25, 0.3) is 0 Å². The van der Waals surface area contributed by atoms with Crippen molar-refractivity contribution in [1.82, 2.24) is 5.06 Å². The van der Waals surface area contributed by atoms with Crippen LogP contribution >= 0.6 is 0 Å². The summed E-state index contributed by atoms with van der Waals surface area (Å²) in [5.41, 5.74) is 0.0848. The first-order valence-electron chi connectivity index (χ1n) is 14.2. The fourth-order valence-corrected chi connectivity index (χ4v) is 4.92. The highest BCUT2D eigenvalue weighted by atomic mass is 16.7. The van der Waals surface area contributed by atoms with E-state index in [1.54, 1.807) is 48.5 Å². The predicted molar refractivity (Wildman–Crippen MR) is 162 cm³/mol. The Balaban J connectivity index is 1.92. The molecule has 0 saturated heterocycles. The fourth-order valence-electron chi connectivity index (χ4n) is 4.92. The number of methoxy groups -OCH3 is 2. The molecular weight excluding hydrogens is 534 g/mol. The van der Waals surface area contributed by atoms with Crippen molar-refractivity contribution in [3.63, 3.8) is 0 Å². The monoisotopic (exact) mass is 577 g/mol. The van der Waals surface area contributed by atoms with Gasteiger partial charge >= 0.3 is 11.9 Å². The van der Waals surface area contributed by atoms with Crippen molar-refractivity contribution in [2.24, 2.45) is 0 Å². The standard InChI is InChI=1S/C34H43NO7/c1-8-34(9-2,24-41-32(37)28-20-14-16-22-30(28)39-7)35(42-25(3)26-17-11-10-12-18-26)33(4,5)23-40-31(36)27-19-13-15-21-29(27)38-6/h10-22,25H,8-9,23-24H2,1-7H3. The second kappa shape index (κ2) is 14.8. The Kier molecular flexibility index (Phi) is 11.5. The Morgan fingerprint density at radius 2 is 1.17 bits per heavy atom. The minimum Gasteiger partial charge on any atom is -0.496 e. The first-order valence-corrected chi connectivity index (χ1v) is 14.2. The van der Waals surface area contributed by atoms with Crippen molar-refractivity contribution in [3.8, 4) is 11.5 Å². The van der Waals surface area contributed by atoms with Gasteiger partial charge in [-0.1, -0.05) is 68.4 Å². The number of hydroxylamine groups is 2. The molecule has 42 heavy (non-hydrogen) atoms. The smallest absolute Gasteiger partial charge is 0.341 e. The summed E-state index contributed by atoms with van der Waals surface area (Å²) in [6.07, 6.45) is 0.847. The van der Waals surface area contributed by atoms with Crippen molar-refractivity contribution < 1.29 is 33.4 Å². The number of para-hydroxylation sites is 2. The Bertz CT molecular complexity index is 1300. The Labute approximate surface area is 249 Å². The average Bonchev–Trinajstić information content (AvgIpc) is 3.03. The minimum absolute atomic E-state index is 0.00754. The molecule has 0 amide bonds. The normalized spacial score (nSPS) is 12.5.